The smallest absolute Gasteiger partial charge is 0.160 e. The van der Waals surface area contributed by atoms with Crippen LogP contribution in [0.1, 0.15) is 17.0 Å². The summed E-state index contributed by atoms with van der Waals surface area (Å²) in [4.78, 5) is 4.24. The normalized spacial score (nSPS) is 10.6. The average molecular weight is 317 g/mol. The van der Waals surface area contributed by atoms with Gasteiger partial charge in [0.15, 0.2) is 5.75 Å². The first-order valence-electron chi connectivity index (χ1n) is 5.69. The van der Waals surface area contributed by atoms with E-state index < -0.39 is 0 Å². The van der Waals surface area contributed by atoms with Crippen molar-refractivity contribution in [2.75, 3.05) is 0 Å². The Morgan fingerprint density at radius 3 is 2.16 bits per heavy atom. The molecule has 2 rings (SSSR count). The fourth-order valence-electron chi connectivity index (χ4n) is 1.67. The number of halogens is 3. The Hall–Kier alpha value is -0.960. The Bertz CT molecular complexity index is 588. The van der Waals surface area contributed by atoms with Crippen LogP contribution in [0.15, 0.2) is 24.3 Å². The largest absolute Gasteiger partial charge is 0.486 e. The molecule has 0 amide bonds. The van der Waals surface area contributed by atoms with Gasteiger partial charge in [0.25, 0.3) is 0 Å². The minimum Gasteiger partial charge on any atom is -0.486 e. The number of nitrogens with zero attached hydrogens (tertiary/aromatic N) is 1. The minimum absolute atomic E-state index is 0.308. The molecule has 0 saturated carbocycles. The number of pyridine rings is 1. The summed E-state index contributed by atoms with van der Waals surface area (Å²) in [5.41, 5.74) is 2.26. The third kappa shape index (κ3) is 3.14. The first-order valence-corrected chi connectivity index (χ1v) is 6.82. The summed E-state index contributed by atoms with van der Waals surface area (Å²) in [6.45, 7) is 3.93. The first-order chi connectivity index (χ1) is 9.00. The van der Waals surface area contributed by atoms with Gasteiger partial charge in [0.2, 0.25) is 0 Å². The second kappa shape index (κ2) is 6.00. The highest BCUT2D eigenvalue weighted by molar-refractivity contribution is 6.37. The summed E-state index contributed by atoms with van der Waals surface area (Å²) >= 11 is 18.4. The van der Waals surface area contributed by atoms with Crippen molar-refractivity contribution in [3.8, 4) is 5.75 Å². The lowest BCUT2D eigenvalue weighted by Gasteiger charge is -2.13. The molecule has 2 aromatic rings. The van der Waals surface area contributed by atoms with E-state index in [9.17, 15) is 0 Å². The Balaban J connectivity index is 2.28. The number of benzene rings is 1. The van der Waals surface area contributed by atoms with Crippen LogP contribution in [-0.4, -0.2) is 4.98 Å². The Labute approximate surface area is 127 Å². The number of ether oxygens (including phenoxy) is 1. The summed E-state index contributed by atoms with van der Waals surface area (Å²) < 4.78 is 5.71. The molecular formula is C14H12Cl3NO. The molecule has 1 aromatic carbocycles. The zero-order chi connectivity index (χ0) is 14.0. The van der Waals surface area contributed by atoms with E-state index in [1.54, 1.807) is 0 Å². The number of hydrogen-bond acceptors (Lipinski definition) is 2. The third-order valence-electron chi connectivity index (χ3n) is 2.70. The van der Waals surface area contributed by atoms with Crippen molar-refractivity contribution in [3.63, 3.8) is 0 Å². The van der Waals surface area contributed by atoms with Crippen LogP contribution in [0.25, 0.3) is 0 Å². The van der Waals surface area contributed by atoms with Crippen LogP contribution in [0.5, 0.6) is 5.75 Å². The molecule has 0 radical (unpaired) electrons. The van der Waals surface area contributed by atoms with E-state index in [1.807, 2.05) is 38.1 Å². The van der Waals surface area contributed by atoms with Gasteiger partial charge in [-0.1, -0.05) is 53.0 Å². The predicted molar refractivity (Wildman–Crippen MR) is 79.5 cm³/mol. The highest BCUT2D eigenvalue weighted by atomic mass is 35.5. The Kier molecular flexibility index (Phi) is 4.56. The van der Waals surface area contributed by atoms with Crippen molar-refractivity contribution in [1.82, 2.24) is 4.98 Å². The highest BCUT2D eigenvalue weighted by Crippen LogP contribution is 2.36. The SMILES string of the molecule is Cc1nc(C)c(Cl)c(OCc2ccccc2Cl)c1Cl. The second-order valence-electron chi connectivity index (χ2n) is 4.12. The van der Waals surface area contributed by atoms with Crippen LogP contribution in [0.3, 0.4) is 0 Å². The first kappa shape index (κ1) is 14.4. The molecule has 0 aliphatic heterocycles. The molecule has 5 heteroatoms. The summed E-state index contributed by atoms with van der Waals surface area (Å²) in [6.07, 6.45) is 0. The Morgan fingerprint density at radius 2 is 1.58 bits per heavy atom. The molecule has 0 N–H and O–H groups in total. The Morgan fingerprint density at radius 1 is 1.00 bits per heavy atom. The quantitative estimate of drug-likeness (QED) is 0.772. The van der Waals surface area contributed by atoms with Gasteiger partial charge in [-0.3, -0.25) is 4.98 Å². The molecule has 0 aliphatic rings. The van der Waals surface area contributed by atoms with Crippen LogP contribution in [0.4, 0.5) is 0 Å². The number of aryl methyl sites for hydroxylation is 2. The van der Waals surface area contributed by atoms with Crippen molar-refractivity contribution in [3.05, 3.63) is 56.3 Å². The zero-order valence-electron chi connectivity index (χ0n) is 10.5. The van der Waals surface area contributed by atoms with Crippen molar-refractivity contribution in [2.45, 2.75) is 20.5 Å². The van der Waals surface area contributed by atoms with Crippen molar-refractivity contribution >= 4 is 34.8 Å². The van der Waals surface area contributed by atoms with Gasteiger partial charge in [-0.25, -0.2) is 0 Å². The lowest BCUT2D eigenvalue weighted by Crippen LogP contribution is -2.00. The summed E-state index contributed by atoms with van der Waals surface area (Å²) in [6, 6.07) is 7.47. The molecule has 0 saturated heterocycles. The monoisotopic (exact) mass is 315 g/mol. The molecule has 0 aliphatic carbocycles. The van der Waals surface area contributed by atoms with E-state index in [2.05, 4.69) is 4.98 Å². The molecule has 0 fully saturated rings. The fraction of sp³-hybridized carbons (Fsp3) is 0.214. The predicted octanol–water partition coefficient (Wildman–Crippen LogP) is 5.24. The van der Waals surface area contributed by atoms with E-state index in [0.29, 0.717) is 38.8 Å². The molecule has 0 bridgehead atoms. The van der Waals surface area contributed by atoms with Crippen LogP contribution < -0.4 is 4.74 Å². The van der Waals surface area contributed by atoms with Crippen LogP contribution in [0.2, 0.25) is 15.1 Å². The van der Waals surface area contributed by atoms with E-state index in [-0.39, 0.29) is 0 Å². The third-order valence-corrected chi connectivity index (χ3v) is 3.96. The number of hydrogen-bond donors (Lipinski definition) is 0. The van der Waals surface area contributed by atoms with Gasteiger partial charge in [0.05, 0.1) is 11.4 Å². The van der Waals surface area contributed by atoms with E-state index in [1.165, 1.54) is 0 Å². The zero-order valence-corrected chi connectivity index (χ0v) is 12.8. The molecule has 19 heavy (non-hydrogen) atoms. The number of aromatic nitrogens is 1. The standard InChI is InChI=1S/C14H12Cl3NO/c1-8-12(16)14(13(17)9(2)18-8)19-7-10-5-3-4-6-11(10)15/h3-6H,7H2,1-2H3. The van der Waals surface area contributed by atoms with Gasteiger partial charge < -0.3 is 4.74 Å². The molecule has 0 spiro atoms. The van der Waals surface area contributed by atoms with Crippen LogP contribution in [0, 0.1) is 13.8 Å². The average Bonchev–Trinajstić information content (AvgIpc) is 2.38. The van der Waals surface area contributed by atoms with E-state index in [4.69, 9.17) is 39.5 Å². The summed E-state index contributed by atoms with van der Waals surface area (Å²) in [7, 11) is 0. The van der Waals surface area contributed by atoms with Gasteiger partial charge in [-0.2, -0.15) is 0 Å². The summed E-state index contributed by atoms with van der Waals surface area (Å²) in [5.74, 6) is 0.452. The lowest BCUT2D eigenvalue weighted by molar-refractivity contribution is 0.306. The maximum absolute atomic E-state index is 6.17. The maximum Gasteiger partial charge on any atom is 0.160 e. The summed E-state index contributed by atoms with van der Waals surface area (Å²) in [5, 5.41) is 1.52. The van der Waals surface area contributed by atoms with E-state index >= 15 is 0 Å². The fourth-order valence-corrected chi connectivity index (χ4v) is 2.29. The van der Waals surface area contributed by atoms with Gasteiger partial charge >= 0.3 is 0 Å². The molecular weight excluding hydrogens is 305 g/mol. The van der Waals surface area contributed by atoms with Crippen molar-refractivity contribution < 1.29 is 4.74 Å². The second-order valence-corrected chi connectivity index (χ2v) is 5.28. The van der Waals surface area contributed by atoms with Gasteiger partial charge in [0.1, 0.15) is 16.7 Å². The molecule has 0 unspecified atom stereocenters. The molecule has 2 nitrogen and oxygen atoms in total. The molecule has 1 aromatic heterocycles. The van der Waals surface area contributed by atoms with Crippen LogP contribution in [-0.2, 0) is 6.61 Å². The molecule has 1 heterocycles. The molecule has 0 atom stereocenters. The van der Waals surface area contributed by atoms with E-state index in [0.717, 1.165) is 5.56 Å². The van der Waals surface area contributed by atoms with Crippen LogP contribution >= 0.6 is 34.8 Å². The minimum atomic E-state index is 0.308. The maximum atomic E-state index is 6.17. The van der Waals surface area contributed by atoms with Crippen molar-refractivity contribution in [2.24, 2.45) is 0 Å². The van der Waals surface area contributed by atoms with Crippen molar-refractivity contribution in [1.29, 1.82) is 0 Å². The van der Waals surface area contributed by atoms with Gasteiger partial charge in [0, 0.05) is 10.6 Å². The number of rotatable bonds is 3. The van der Waals surface area contributed by atoms with Gasteiger partial charge in [-0.15, -0.1) is 0 Å². The highest BCUT2D eigenvalue weighted by Gasteiger charge is 2.15. The molecule has 100 valence electrons. The van der Waals surface area contributed by atoms with Gasteiger partial charge in [-0.05, 0) is 19.9 Å². The topological polar surface area (TPSA) is 22.1 Å². The lowest BCUT2D eigenvalue weighted by atomic mass is 10.2.